The quantitative estimate of drug-likeness (QED) is 0.744. The van der Waals surface area contributed by atoms with E-state index in [2.05, 4.69) is 24.0 Å². The minimum absolute atomic E-state index is 0.682. The van der Waals surface area contributed by atoms with Crippen molar-refractivity contribution >= 4 is 0 Å². The van der Waals surface area contributed by atoms with Gasteiger partial charge in [0.05, 0.1) is 11.6 Å². The first kappa shape index (κ1) is 13.9. The summed E-state index contributed by atoms with van der Waals surface area (Å²) in [5.74, 6) is 0. The van der Waals surface area contributed by atoms with Crippen molar-refractivity contribution in [2.75, 3.05) is 0 Å². The Balaban J connectivity index is 0.000000771. The van der Waals surface area contributed by atoms with Gasteiger partial charge in [0.15, 0.2) is 0 Å². The van der Waals surface area contributed by atoms with Gasteiger partial charge in [-0.05, 0) is 43.2 Å². The molecule has 1 aromatic heterocycles. The van der Waals surface area contributed by atoms with Crippen molar-refractivity contribution in [3.63, 3.8) is 0 Å². The largest absolute Gasteiger partial charge is 0.261 e. The van der Waals surface area contributed by atoms with E-state index in [0.29, 0.717) is 5.56 Å². The number of pyridine rings is 1. The fraction of sp³-hybridized carbons (Fsp3) is 0.250. The number of rotatable bonds is 1. The van der Waals surface area contributed by atoms with Crippen LogP contribution in [0.15, 0.2) is 36.5 Å². The summed E-state index contributed by atoms with van der Waals surface area (Å²) < 4.78 is 0. The smallest absolute Gasteiger partial charge is 0.0991 e. The Morgan fingerprint density at radius 3 is 2.17 bits per heavy atom. The second-order valence-electron chi connectivity index (χ2n) is 3.83. The zero-order chi connectivity index (χ0) is 13.5. The summed E-state index contributed by atoms with van der Waals surface area (Å²) in [6.45, 7) is 8.05. The third-order valence-corrected chi connectivity index (χ3v) is 2.57. The molecule has 1 aromatic carbocycles. The van der Waals surface area contributed by atoms with E-state index in [9.17, 15) is 0 Å². The van der Waals surface area contributed by atoms with Crippen LogP contribution in [0.2, 0.25) is 0 Å². The molecule has 0 atom stereocenters. The highest BCUT2D eigenvalue weighted by Gasteiger charge is 2.02. The van der Waals surface area contributed by atoms with Gasteiger partial charge in [0.2, 0.25) is 0 Å². The fourth-order valence-electron chi connectivity index (χ4n) is 1.72. The topological polar surface area (TPSA) is 36.7 Å². The fourth-order valence-corrected chi connectivity index (χ4v) is 1.72. The maximum atomic E-state index is 8.73. The average molecular weight is 238 g/mol. The molecule has 0 saturated carbocycles. The molecule has 1 heterocycles. The molecule has 2 rings (SSSR count). The lowest BCUT2D eigenvalue weighted by Crippen LogP contribution is -1.88. The van der Waals surface area contributed by atoms with Gasteiger partial charge in [-0.15, -0.1) is 0 Å². The molecule has 0 radical (unpaired) electrons. The van der Waals surface area contributed by atoms with Crippen LogP contribution in [0.5, 0.6) is 0 Å². The third-order valence-electron chi connectivity index (χ3n) is 2.57. The molecule has 0 aliphatic heterocycles. The lowest BCUT2D eigenvalue weighted by molar-refractivity contribution is 1.18. The number of nitriles is 1. The number of aryl methyl sites for hydroxylation is 2. The summed E-state index contributed by atoms with van der Waals surface area (Å²) in [7, 11) is 0. The first-order valence-electron chi connectivity index (χ1n) is 6.14. The average Bonchev–Trinajstić information content (AvgIpc) is 2.41. The van der Waals surface area contributed by atoms with E-state index < -0.39 is 0 Å². The first-order chi connectivity index (χ1) is 8.70. The normalized spacial score (nSPS) is 9.06. The van der Waals surface area contributed by atoms with Crippen molar-refractivity contribution in [3.05, 3.63) is 53.3 Å². The van der Waals surface area contributed by atoms with E-state index >= 15 is 0 Å². The molecule has 0 spiro atoms. The lowest BCUT2D eigenvalue weighted by atomic mass is 10.0. The second kappa shape index (κ2) is 6.56. The van der Waals surface area contributed by atoms with Crippen LogP contribution in [-0.4, -0.2) is 4.98 Å². The monoisotopic (exact) mass is 238 g/mol. The van der Waals surface area contributed by atoms with Crippen molar-refractivity contribution in [1.82, 2.24) is 4.98 Å². The lowest BCUT2D eigenvalue weighted by Gasteiger charge is -2.06. The van der Waals surface area contributed by atoms with E-state index in [1.165, 1.54) is 5.56 Å². The van der Waals surface area contributed by atoms with E-state index in [4.69, 9.17) is 5.26 Å². The molecule has 0 unspecified atom stereocenters. The zero-order valence-corrected chi connectivity index (χ0v) is 11.4. The molecular weight excluding hydrogens is 220 g/mol. The molecule has 0 N–H and O–H groups in total. The Morgan fingerprint density at radius 1 is 1.06 bits per heavy atom. The summed E-state index contributed by atoms with van der Waals surface area (Å²) in [6, 6.07) is 11.7. The van der Waals surface area contributed by atoms with Crippen LogP contribution in [0.3, 0.4) is 0 Å². The van der Waals surface area contributed by atoms with Crippen molar-refractivity contribution in [3.8, 4) is 17.2 Å². The maximum Gasteiger partial charge on any atom is 0.0991 e. The highest BCUT2D eigenvalue weighted by Crippen LogP contribution is 2.23. The zero-order valence-electron chi connectivity index (χ0n) is 11.4. The van der Waals surface area contributed by atoms with Crippen LogP contribution in [0.4, 0.5) is 0 Å². The van der Waals surface area contributed by atoms with E-state index in [1.54, 1.807) is 0 Å². The summed E-state index contributed by atoms with van der Waals surface area (Å²) >= 11 is 0. The van der Waals surface area contributed by atoms with Gasteiger partial charge in [0.1, 0.15) is 0 Å². The molecule has 2 aromatic rings. The van der Waals surface area contributed by atoms with Crippen LogP contribution >= 0.6 is 0 Å². The molecule has 0 amide bonds. The van der Waals surface area contributed by atoms with Gasteiger partial charge in [-0.25, -0.2) is 0 Å². The Kier molecular flexibility index (Phi) is 5.07. The number of nitrogens with zero attached hydrogens (tertiary/aromatic N) is 2. The van der Waals surface area contributed by atoms with Gasteiger partial charge in [0, 0.05) is 17.5 Å². The Labute approximate surface area is 109 Å². The molecule has 0 aliphatic rings. The predicted octanol–water partition coefficient (Wildman–Crippen LogP) is 4.26. The van der Waals surface area contributed by atoms with E-state index in [-0.39, 0.29) is 0 Å². The van der Waals surface area contributed by atoms with Crippen LogP contribution in [-0.2, 0) is 0 Å². The van der Waals surface area contributed by atoms with Crippen molar-refractivity contribution in [2.45, 2.75) is 27.7 Å². The molecule has 18 heavy (non-hydrogen) atoms. The molecule has 2 heteroatoms. The number of aromatic nitrogens is 1. The molecular formula is C16H18N2. The van der Waals surface area contributed by atoms with Gasteiger partial charge in [-0.3, -0.25) is 4.98 Å². The molecule has 0 bridgehead atoms. The molecule has 0 aliphatic carbocycles. The van der Waals surface area contributed by atoms with Crippen molar-refractivity contribution in [2.24, 2.45) is 0 Å². The number of hydrogen-bond donors (Lipinski definition) is 0. The standard InChI is InChI=1S/C14H12N2.C2H6/c1-10-7-11(2)16-9-14(10)13-5-3-12(8-15)4-6-13;1-2/h3-7,9H,1-2H3;1-2H3. The maximum absolute atomic E-state index is 8.73. The Morgan fingerprint density at radius 2 is 1.67 bits per heavy atom. The van der Waals surface area contributed by atoms with Gasteiger partial charge in [-0.1, -0.05) is 26.0 Å². The molecule has 2 nitrogen and oxygen atoms in total. The molecule has 0 saturated heterocycles. The number of hydrogen-bond acceptors (Lipinski definition) is 2. The third kappa shape index (κ3) is 3.18. The van der Waals surface area contributed by atoms with Crippen LogP contribution in [0, 0.1) is 25.2 Å². The minimum atomic E-state index is 0.682. The minimum Gasteiger partial charge on any atom is -0.261 e. The molecule has 0 fully saturated rings. The summed E-state index contributed by atoms with van der Waals surface area (Å²) in [5.41, 5.74) is 5.13. The van der Waals surface area contributed by atoms with Crippen LogP contribution in [0.1, 0.15) is 30.7 Å². The SMILES string of the molecule is CC.Cc1cc(C)c(-c2ccc(C#N)cc2)cn1. The summed E-state index contributed by atoms with van der Waals surface area (Å²) in [4.78, 5) is 4.29. The van der Waals surface area contributed by atoms with Gasteiger partial charge < -0.3 is 0 Å². The van der Waals surface area contributed by atoms with E-state index in [1.807, 2.05) is 51.2 Å². The first-order valence-corrected chi connectivity index (χ1v) is 6.14. The Hall–Kier alpha value is -2.14. The Bertz CT molecular complexity index is 548. The highest BCUT2D eigenvalue weighted by atomic mass is 14.7. The predicted molar refractivity (Wildman–Crippen MR) is 75.2 cm³/mol. The highest BCUT2D eigenvalue weighted by molar-refractivity contribution is 5.66. The van der Waals surface area contributed by atoms with Gasteiger partial charge >= 0.3 is 0 Å². The number of benzene rings is 1. The summed E-state index contributed by atoms with van der Waals surface area (Å²) in [5, 5.41) is 8.73. The molecule has 92 valence electrons. The van der Waals surface area contributed by atoms with Crippen molar-refractivity contribution < 1.29 is 0 Å². The summed E-state index contributed by atoms with van der Waals surface area (Å²) in [6.07, 6.45) is 1.88. The van der Waals surface area contributed by atoms with E-state index in [0.717, 1.165) is 16.8 Å². The second-order valence-corrected chi connectivity index (χ2v) is 3.83. The van der Waals surface area contributed by atoms with Crippen molar-refractivity contribution in [1.29, 1.82) is 5.26 Å². The van der Waals surface area contributed by atoms with Crippen LogP contribution < -0.4 is 0 Å². The van der Waals surface area contributed by atoms with Crippen LogP contribution in [0.25, 0.3) is 11.1 Å². The van der Waals surface area contributed by atoms with Gasteiger partial charge in [0.25, 0.3) is 0 Å². The van der Waals surface area contributed by atoms with Gasteiger partial charge in [-0.2, -0.15) is 5.26 Å².